The van der Waals surface area contributed by atoms with Gasteiger partial charge in [-0.25, -0.2) is 4.99 Å². The van der Waals surface area contributed by atoms with Gasteiger partial charge in [-0.2, -0.15) is 10.1 Å². The van der Waals surface area contributed by atoms with Gasteiger partial charge in [0.2, 0.25) is 11.9 Å². The van der Waals surface area contributed by atoms with Gasteiger partial charge < -0.3 is 11.5 Å². The van der Waals surface area contributed by atoms with E-state index in [9.17, 15) is 9.59 Å². The van der Waals surface area contributed by atoms with Crippen LogP contribution in [0, 0.1) is 0 Å². The van der Waals surface area contributed by atoms with E-state index in [1.165, 1.54) is 5.06 Å². The summed E-state index contributed by atoms with van der Waals surface area (Å²) in [6, 6.07) is 6.71. The number of fused-ring (bicyclic) bond motifs is 1. The summed E-state index contributed by atoms with van der Waals surface area (Å²) in [5.74, 6) is -0.533. The van der Waals surface area contributed by atoms with Gasteiger partial charge >= 0.3 is 0 Å². The second-order valence-electron chi connectivity index (χ2n) is 5.87. The Morgan fingerprint density at radius 3 is 2.25 bits per heavy atom. The zero-order chi connectivity index (χ0) is 17.5. The first-order chi connectivity index (χ1) is 11.3. The van der Waals surface area contributed by atoms with Gasteiger partial charge in [0.25, 0.3) is 11.8 Å². The second-order valence-corrected chi connectivity index (χ2v) is 5.87. The fraction of sp³-hybridized carbons (Fsp3) is 0.333. The van der Waals surface area contributed by atoms with Crippen molar-refractivity contribution in [3.05, 3.63) is 35.4 Å². The number of benzene rings is 1. The van der Waals surface area contributed by atoms with Crippen LogP contribution in [0.3, 0.4) is 0 Å². The molecule has 0 bridgehead atoms. The van der Waals surface area contributed by atoms with Crippen LogP contribution in [0.5, 0.6) is 0 Å². The highest BCUT2D eigenvalue weighted by molar-refractivity contribution is 6.21. The van der Waals surface area contributed by atoms with Crippen LogP contribution in [0.1, 0.15) is 34.6 Å². The Morgan fingerprint density at radius 1 is 1.12 bits per heavy atom. The molecule has 2 aliphatic rings. The van der Waals surface area contributed by atoms with Crippen LogP contribution in [-0.4, -0.2) is 52.5 Å². The number of nitrogens with two attached hydrogens (primary N) is 2. The van der Waals surface area contributed by atoms with Gasteiger partial charge in [0.1, 0.15) is 0 Å². The fourth-order valence-electron chi connectivity index (χ4n) is 2.68. The molecule has 4 N–H and O–H groups in total. The van der Waals surface area contributed by atoms with Gasteiger partial charge in [-0.15, -0.1) is 0 Å². The van der Waals surface area contributed by atoms with Gasteiger partial charge in [-0.3, -0.25) is 19.3 Å². The van der Waals surface area contributed by atoms with E-state index in [1.54, 1.807) is 38.1 Å². The number of amides is 2. The molecule has 0 aromatic heterocycles. The first-order valence-electron chi connectivity index (χ1n) is 7.39. The average Bonchev–Trinajstić information content (AvgIpc) is 2.74. The van der Waals surface area contributed by atoms with E-state index in [0.717, 1.165) is 4.90 Å². The average molecular weight is 330 g/mol. The molecule has 1 aromatic carbocycles. The molecular weight excluding hydrogens is 312 g/mol. The highest BCUT2D eigenvalue weighted by Gasteiger charge is 2.36. The molecule has 0 fully saturated rings. The maximum Gasteiger partial charge on any atom is 0.261 e. The van der Waals surface area contributed by atoms with E-state index in [1.807, 2.05) is 0 Å². The lowest BCUT2D eigenvalue weighted by Gasteiger charge is -2.36. The predicted molar refractivity (Wildman–Crippen MR) is 86.9 cm³/mol. The van der Waals surface area contributed by atoms with Crippen molar-refractivity contribution in [3.8, 4) is 0 Å². The zero-order valence-electron chi connectivity index (χ0n) is 13.4. The van der Waals surface area contributed by atoms with Crippen LogP contribution in [0.2, 0.25) is 0 Å². The zero-order valence-corrected chi connectivity index (χ0v) is 13.4. The SMILES string of the molecule is CC1(C)N=C(N)N=C(N)N1OCCN1C(=O)c2ccccc2C1=O. The molecule has 0 unspecified atom stereocenters. The second kappa shape index (κ2) is 5.60. The predicted octanol–water partition coefficient (Wildman–Crippen LogP) is -0.105. The van der Waals surface area contributed by atoms with Gasteiger partial charge in [0.05, 0.1) is 24.3 Å². The van der Waals surface area contributed by atoms with Gasteiger partial charge in [-0.05, 0) is 26.0 Å². The molecule has 0 aliphatic carbocycles. The topological polar surface area (TPSA) is 127 Å². The number of nitrogens with zero attached hydrogens (tertiary/aromatic N) is 4. The lowest BCUT2D eigenvalue weighted by Crippen LogP contribution is -2.54. The van der Waals surface area contributed by atoms with Crippen molar-refractivity contribution in [3.63, 3.8) is 0 Å². The quantitative estimate of drug-likeness (QED) is 0.742. The highest BCUT2D eigenvalue weighted by atomic mass is 16.7. The Balaban J connectivity index is 1.65. The highest BCUT2D eigenvalue weighted by Crippen LogP contribution is 2.23. The van der Waals surface area contributed by atoms with E-state index in [2.05, 4.69) is 9.98 Å². The molecule has 2 amide bonds. The van der Waals surface area contributed by atoms with E-state index >= 15 is 0 Å². The Bertz CT molecular complexity index is 735. The van der Waals surface area contributed by atoms with Gasteiger partial charge in [-0.1, -0.05) is 12.1 Å². The number of rotatable bonds is 4. The Morgan fingerprint density at radius 2 is 1.71 bits per heavy atom. The molecule has 0 saturated heterocycles. The number of carbonyl (C=O) groups excluding carboxylic acids is 2. The normalized spacial score (nSPS) is 19.2. The summed E-state index contributed by atoms with van der Waals surface area (Å²) in [7, 11) is 0. The third kappa shape index (κ3) is 2.58. The molecular formula is C15H18N6O3. The largest absolute Gasteiger partial charge is 0.368 e. The minimum absolute atomic E-state index is 0.0561. The summed E-state index contributed by atoms with van der Waals surface area (Å²) in [6.07, 6.45) is 0. The third-order valence-electron chi connectivity index (χ3n) is 3.74. The number of aliphatic imine (C=N–C) groups is 2. The minimum atomic E-state index is -0.835. The Labute approximate surface area is 138 Å². The number of carbonyl (C=O) groups is 2. The number of hydrogen-bond acceptors (Lipinski definition) is 8. The molecule has 0 spiro atoms. The minimum Gasteiger partial charge on any atom is -0.368 e. The molecule has 0 saturated carbocycles. The summed E-state index contributed by atoms with van der Waals surface area (Å²) >= 11 is 0. The number of hydroxylamine groups is 2. The van der Waals surface area contributed by atoms with Crippen molar-refractivity contribution in [1.82, 2.24) is 9.96 Å². The fourth-order valence-corrected chi connectivity index (χ4v) is 2.68. The lowest BCUT2D eigenvalue weighted by atomic mass is 10.1. The third-order valence-corrected chi connectivity index (χ3v) is 3.74. The smallest absolute Gasteiger partial charge is 0.261 e. The van der Waals surface area contributed by atoms with Gasteiger partial charge in [0, 0.05) is 0 Å². The summed E-state index contributed by atoms with van der Waals surface area (Å²) in [4.78, 5) is 39.3. The van der Waals surface area contributed by atoms with Crippen LogP contribution in [-0.2, 0) is 4.84 Å². The summed E-state index contributed by atoms with van der Waals surface area (Å²) in [6.45, 7) is 3.65. The molecule has 2 heterocycles. The number of guanidine groups is 2. The molecule has 0 atom stereocenters. The maximum atomic E-state index is 12.3. The van der Waals surface area contributed by atoms with E-state index in [-0.39, 0.29) is 36.9 Å². The molecule has 9 heteroatoms. The Kier molecular flexibility index (Phi) is 3.72. The standard InChI is InChI=1S/C15H18N6O3/c1-15(2)19-13(16)18-14(17)21(15)24-8-7-20-11(22)9-5-3-4-6-10(9)12(20)23/h3-6H,7-8H2,1-2H3,(H4,16,17,18,19). The summed E-state index contributed by atoms with van der Waals surface area (Å²) < 4.78 is 0. The molecule has 0 radical (unpaired) electrons. The monoisotopic (exact) mass is 330 g/mol. The van der Waals surface area contributed by atoms with Crippen LogP contribution in [0.4, 0.5) is 0 Å². The Hall–Kier alpha value is -2.94. The first kappa shape index (κ1) is 15.9. The number of imide groups is 1. The van der Waals surface area contributed by atoms with E-state index in [0.29, 0.717) is 11.1 Å². The van der Waals surface area contributed by atoms with Crippen LogP contribution in [0.15, 0.2) is 34.3 Å². The van der Waals surface area contributed by atoms with E-state index in [4.69, 9.17) is 16.3 Å². The van der Waals surface area contributed by atoms with E-state index < -0.39 is 5.66 Å². The summed E-state index contributed by atoms with van der Waals surface area (Å²) in [5.41, 5.74) is 11.4. The van der Waals surface area contributed by atoms with Crippen molar-refractivity contribution >= 4 is 23.7 Å². The molecule has 24 heavy (non-hydrogen) atoms. The van der Waals surface area contributed by atoms with Crippen molar-refractivity contribution in [2.75, 3.05) is 13.2 Å². The van der Waals surface area contributed by atoms with Crippen LogP contribution in [0.25, 0.3) is 0 Å². The lowest BCUT2D eigenvalue weighted by molar-refractivity contribution is -0.157. The molecule has 1 aromatic rings. The van der Waals surface area contributed by atoms with Crippen molar-refractivity contribution in [2.45, 2.75) is 19.5 Å². The van der Waals surface area contributed by atoms with Crippen LogP contribution < -0.4 is 11.5 Å². The maximum absolute atomic E-state index is 12.3. The first-order valence-corrected chi connectivity index (χ1v) is 7.39. The van der Waals surface area contributed by atoms with Crippen LogP contribution >= 0.6 is 0 Å². The molecule has 126 valence electrons. The van der Waals surface area contributed by atoms with Crippen molar-refractivity contribution in [2.24, 2.45) is 21.5 Å². The number of hydrogen-bond donors (Lipinski definition) is 2. The molecule has 9 nitrogen and oxygen atoms in total. The van der Waals surface area contributed by atoms with Crippen molar-refractivity contribution in [1.29, 1.82) is 0 Å². The van der Waals surface area contributed by atoms with Gasteiger partial charge in [0.15, 0.2) is 5.66 Å². The molecule has 2 aliphatic heterocycles. The van der Waals surface area contributed by atoms with Crippen molar-refractivity contribution < 1.29 is 14.4 Å². The molecule has 3 rings (SSSR count). The summed E-state index contributed by atoms with van der Waals surface area (Å²) in [5, 5.41) is 1.31.